The molecule has 1 aliphatic rings. The predicted molar refractivity (Wildman–Crippen MR) is 115 cm³/mol. The number of carbonyl (C=O) groups excluding carboxylic acids is 1. The van der Waals surface area contributed by atoms with Crippen molar-refractivity contribution in [3.05, 3.63) is 66.1 Å². The molecule has 1 aliphatic heterocycles. The Balaban J connectivity index is 1.62. The molecule has 9 heteroatoms. The molecule has 0 aliphatic carbocycles. The van der Waals surface area contributed by atoms with Gasteiger partial charge < -0.3 is 9.32 Å². The Hall–Kier alpha value is -3.33. The summed E-state index contributed by atoms with van der Waals surface area (Å²) in [6.07, 6.45) is -3.21. The molecule has 33 heavy (non-hydrogen) atoms. The Morgan fingerprint density at radius 3 is 2.30 bits per heavy atom. The van der Waals surface area contributed by atoms with Crippen LogP contribution in [-0.4, -0.2) is 45.8 Å². The SMILES string of the molecule is CCN(O)C(=O)N1CCC(c2nc(-c3ccc(C(F)(F)F)cc3)c(-c3ccccc3)o2)CC1. The van der Waals surface area contributed by atoms with Gasteiger partial charge in [-0.3, -0.25) is 5.21 Å². The third-order valence-electron chi connectivity index (χ3n) is 5.80. The Bertz CT molecular complexity index is 1090. The number of benzene rings is 2. The molecule has 1 saturated heterocycles. The lowest BCUT2D eigenvalue weighted by Crippen LogP contribution is -2.45. The van der Waals surface area contributed by atoms with Gasteiger partial charge in [0.15, 0.2) is 11.7 Å². The lowest BCUT2D eigenvalue weighted by molar-refractivity contribution is -0.137. The van der Waals surface area contributed by atoms with Gasteiger partial charge in [-0.1, -0.05) is 42.5 Å². The van der Waals surface area contributed by atoms with Gasteiger partial charge in [0.1, 0.15) is 5.69 Å². The molecule has 3 aromatic rings. The molecule has 0 bridgehead atoms. The number of hydrogen-bond donors (Lipinski definition) is 1. The van der Waals surface area contributed by atoms with Crippen LogP contribution < -0.4 is 0 Å². The summed E-state index contributed by atoms with van der Waals surface area (Å²) in [6, 6.07) is 13.7. The highest BCUT2D eigenvalue weighted by atomic mass is 19.4. The number of hydroxylamine groups is 2. The van der Waals surface area contributed by atoms with E-state index in [4.69, 9.17) is 4.42 Å². The van der Waals surface area contributed by atoms with Gasteiger partial charge in [-0.05, 0) is 31.9 Å². The molecule has 1 aromatic heterocycles. The molecular weight excluding hydrogens is 435 g/mol. The number of amides is 2. The quantitative estimate of drug-likeness (QED) is 0.382. The molecule has 0 spiro atoms. The fourth-order valence-electron chi connectivity index (χ4n) is 3.93. The van der Waals surface area contributed by atoms with Gasteiger partial charge in [-0.2, -0.15) is 13.2 Å². The van der Waals surface area contributed by atoms with Crippen LogP contribution in [0.25, 0.3) is 22.6 Å². The van der Waals surface area contributed by atoms with E-state index >= 15 is 0 Å². The molecule has 0 saturated carbocycles. The van der Waals surface area contributed by atoms with Crippen molar-refractivity contribution in [1.29, 1.82) is 0 Å². The Kier molecular flexibility index (Phi) is 6.42. The molecule has 4 rings (SSSR count). The number of nitrogens with zero attached hydrogens (tertiary/aromatic N) is 3. The van der Waals surface area contributed by atoms with Crippen molar-refractivity contribution in [3.63, 3.8) is 0 Å². The molecule has 1 fully saturated rings. The number of oxazole rings is 1. The summed E-state index contributed by atoms with van der Waals surface area (Å²) in [4.78, 5) is 18.4. The minimum Gasteiger partial charge on any atom is -0.440 e. The summed E-state index contributed by atoms with van der Waals surface area (Å²) in [5, 5.41) is 10.3. The smallest absolute Gasteiger partial charge is 0.416 e. The molecule has 2 amide bonds. The van der Waals surface area contributed by atoms with Gasteiger partial charge in [0.25, 0.3) is 0 Å². The minimum atomic E-state index is -4.41. The molecule has 0 radical (unpaired) electrons. The van der Waals surface area contributed by atoms with Crippen molar-refractivity contribution >= 4 is 6.03 Å². The summed E-state index contributed by atoms with van der Waals surface area (Å²) in [7, 11) is 0. The molecular formula is C24H24F3N3O3. The number of halogens is 3. The van der Waals surface area contributed by atoms with Crippen LogP contribution in [0.1, 0.15) is 37.1 Å². The number of carbonyl (C=O) groups is 1. The molecule has 6 nitrogen and oxygen atoms in total. The van der Waals surface area contributed by atoms with Gasteiger partial charge in [0, 0.05) is 36.7 Å². The van der Waals surface area contributed by atoms with Crippen molar-refractivity contribution < 1.29 is 27.6 Å². The van der Waals surface area contributed by atoms with E-state index in [0.29, 0.717) is 53.9 Å². The second-order valence-electron chi connectivity index (χ2n) is 7.93. The zero-order chi connectivity index (χ0) is 23.6. The first-order valence-electron chi connectivity index (χ1n) is 10.8. The highest BCUT2D eigenvalue weighted by molar-refractivity contribution is 5.77. The maximum atomic E-state index is 13.0. The first kappa shape index (κ1) is 22.8. The van der Waals surface area contributed by atoms with E-state index in [1.54, 1.807) is 11.8 Å². The van der Waals surface area contributed by atoms with Crippen molar-refractivity contribution in [3.8, 4) is 22.6 Å². The average Bonchev–Trinajstić information content (AvgIpc) is 3.29. The molecule has 0 unspecified atom stereocenters. The van der Waals surface area contributed by atoms with Crippen LogP contribution in [0.3, 0.4) is 0 Å². The predicted octanol–water partition coefficient (Wildman–Crippen LogP) is 6.04. The Morgan fingerprint density at radius 1 is 1.09 bits per heavy atom. The number of aromatic nitrogens is 1. The summed E-state index contributed by atoms with van der Waals surface area (Å²) < 4.78 is 45.1. The van der Waals surface area contributed by atoms with Gasteiger partial charge >= 0.3 is 12.2 Å². The van der Waals surface area contributed by atoms with Crippen molar-refractivity contribution in [2.24, 2.45) is 0 Å². The van der Waals surface area contributed by atoms with E-state index in [0.717, 1.165) is 17.7 Å². The zero-order valence-electron chi connectivity index (χ0n) is 18.0. The van der Waals surface area contributed by atoms with Crippen LogP contribution in [-0.2, 0) is 6.18 Å². The molecule has 2 heterocycles. The summed E-state index contributed by atoms with van der Waals surface area (Å²) in [5.41, 5.74) is 1.06. The largest absolute Gasteiger partial charge is 0.440 e. The van der Waals surface area contributed by atoms with Crippen LogP contribution in [0.5, 0.6) is 0 Å². The average molecular weight is 459 g/mol. The van der Waals surface area contributed by atoms with Crippen LogP contribution in [0, 0.1) is 0 Å². The normalized spacial score (nSPS) is 15.0. The fraction of sp³-hybridized carbons (Fsp3) is 0.333. The van der Waals surface area contributed by atoms with E-state index in [2.05, 4.69) is 4.98 Å². The van der Waals surface area contributed by atoms with Crippen molar-refractivity contribution in [2.75, 3.05) is 19.6 Å². The van der Waals surface area contributed by atoms with Gasteiger partial charge in [-0.25, -0.2) is 14.8 Å². The minimum absolute atomic E-state index is 0.0477. The zero-order valence-corrected chi connectivity index (χ0v) is 18.0. The van der Waals surface area contributed by atoms with E-state index in [1.165, 1.54) is 12.1 Å². The number of likely N-dealkylation sites (tertiary alicyclic amines) is 1. The highest BCUT2D eigenvalue weighted by Gasteiger charge is 2.32. The maximum absolute atomic E-state index is 13.0. The fourth-order valence-corrected chi connectivity index (χ4v) is 3.93. The topological polar surface area (TPSA) is 69.8 Å². The second kappa shape index (κ2) is 9.27. The Labute approximate surface area is 189 Å². The van der Waals surface area contributed by atoms with E-state index in [9.17, 15) is 23.2 Å². The van der Waals surface area contributed by atoms with Gasteiger partial charge in [0.2, 0.25) is 0 Å². The highest BCUT2D eigenvalue weighted by Crippen LogP contribution is 2.38. The monoisotopic (exact) mass is 459 g/mol. The summed E-state index contributed by atoms with van der Waals surface area (Å²) in [5.74, 6) is 0.942. The summed E-state index contributed by atoms with van der Waals surface area (Å²) >= 11 is 0. The molecule has 0 atom stereocenters. The number of piperidine rings is 1. The number of rotatable bonds is 4. The van der Waals surface area contributed by atoms with Crippen LogP contribution in [0.2, 0.25) is 0 Å². The molecule has 1 N–H and O–H groups in total. The molecule has 174 valence electrons. The second-order valence-corrected chi connectivity index (χ2v) is 7.93. The van der Waals surface area contributed by atoms with Crippen molar-refractivity contribution in [2.45, 2.75) is 31.9 Å². The number of alkyl halides is 3. The lowest BCUT2D eigenvalue weighted by Gasteiger charge is -2.32. The standard InChI is InChI=1S/C24H24F3N3O3/c1-2-30(32)23(31)29-14-12-18(13-15-29)22-28-20(21(33-22)17-6-4-3-5-7-17)16-8-10-19(11-9-16)24(25,26)27/h3-11,18,32H,2,12-15H2,1H3. The maximum Gasteiger partial charge on any atom is 0.416 e. The first-order valence-corrected chi connectivity index (χ1v) is 10.8. The molecule has 2 aromatic carbocycles. The van der Waals surface area contributed by atoms with Crippen molar-refractivity contribution in [1.82, 2.24) is 14.9 Å². The van der Waals surface area contributed by atoms with Crippen LogP contribution >= 0.6 is 0 Å². The number of urea groups is 1. The third kappa shape index (κ3) is 4.88. The third-order valence-corrected chi connectivity index (χ3v) is 5.80. The first-order chi connectivity index (χ1) is 15.8. The van der Waals surface area contributed by atoms with E-state index in [1.807, 2.05) is 30.3 Å². The van der Waals surface area contributed by atoms with Gasteiger partial charge in [-0.15, -0.1) is 0 Å². The van der Waals surface area contributed by atoms with Crippen LogP contribution in [0.15, 0.2) is 59.0 Å². The van der Waals surface area contributed by atoms with Crippen LogP contribution in [0.4, 0.5) is 18.0 Å². The Morgan fingerprint density at radius 2 is 1.73 bits per heavy atom. The lowest BCUT2D eigenvalue weighted by atomic mass is 9.97. The van der Waals surface area contributed by atoms with Gasteiger partial charge in [0.05, 0.1) is 5.56 Å². The number of hydrogen-bond acceptors (Lipinski definition) is 4. The van der Waals surface area contributed by atoms with E-state index < -0.39 is 17.8 Å². The van der Waals surface area contributed by atoms with E-state index in [-0.39, 0.29) is 12.5 Å². The summed E-state index contributed by atoms with van der Waals surface area (Å²) in [6.45, 7) is 2.78.